The van der Waals surface area contributed by atoms with Crippen LogP contribution >= 0.6 is 0 Å². The van der Waals surface area contributed by atoms with Gasteiger partial charge in [-0.25, -0.2) is 0 Å². The zero-order chi connectivity index (χ0) is 16.6. The van der Waals surface area contributed by atoms with Crippen molar-refractivity contribution in [1.29, 1.82) is 0 Å². The molecule has 0 radical (unpaired) electrons. The highest BCUT2D eigenvalue weighted by atomic mass is 16.5. The van der Waals surface area contributed by atoms with Gasteiger partial charge in [0.2, 0.25) is 0 Å². The fraction of sp³-hybridized carbons (Fsp3) is 0.412. The molecule has 122 valence electrons. The fourth-order valence-electron chi connectivity index (χ4n) is 2.98. The number of aliphatic carboxylic acids is 1. The lowest BCUT2D eigenvalue weighted by atomic mass is 9.90. The maximum atomic E-state index is 12.6. The summed E-state index contributed by atoms with van der Waals surface area (Å²) in [5.41, 5.74) is 0.451. The second-order valence-electron chi connectivity index (χ2n) is 6.18. The average molecular weight is 317 g/mol. The average Bonchev–Trinajstić information content (AvgIpc) is 2.97. The number of para-hydroxylation sites is 1. The predicted molar refractivity (Wildman–Crippen MR) is 83.4 cm³/mol. The predicted octanol–water partition coefficient (Wildman–Crippen LogP) is 1.79. The van der Waals surface area contributed by atoms with Gasteiger partial charge < -0.3 is 19.5 Å². The van der Waals surface area contributed by atoms with Crippen LogP contribution in [0.4, 0.5) is 0 Å². The molecule has 2 aliphatic rings. The zero-order valence-electron chi connectivity index (χ0n) is 13.2. The Kier molecular flexibility index (Phi) is 3.75. The monoisotopic (exact) mass is 317 g/mol. The molecule has 1 atom stereocenters. The molecule has 1 fully saturated rings. The number of benzene rings is 1. The summed E-state index contributed by atoms with van der Waals surface area (Å²) < 4.78 is 10.9. The molecule has 0 saturated carbocycles. The van der Waals surface area contributed by atoms with Crippen LogP contribution in [0, 0.1) is 5.41 Å². The maximum absolute atomic E-state index is 12.6. The number of nitrogens with zero attached hydrogens (tertiary/aromatic N) is 1. The van der Waals surface area contributed by atoms with Crippen molar-refractivity contribution in [2.24, 2.45) is 5.41 Å². The number of likely N-dealkylation sites (tertiary alicyclic amines) is 1. The van der Waals surface area contributed by atoms with E-state index in [4.69, 9.17) is 9.47 Å². The topological polar surface area (TPSA) is 76.1 Å². The number of carboxylic acids is 1. The molecule has 2 heterocycles. The Morgan fingerprint density at radius 1 is 1.39 bits per heavy atom. The summed E-state index contributed by atoms with van der Waals surface area (Å²) in [5.74, 6) is 0.230. The molecule has 1 aromatic rings. The van der Waals surface area contributed by atoms with Crippen molar-refractivity contribution in [2.45, 2.75) is 13.3 Å². The Morgan fingerprint density at radius 3 is 2.83 bits per heavy atom. The first-order chi connectivity index (χ1) is 10.9. The number of carboxylic acid groups (broad SMARTS) is 1. The van der Waals surface area contributed by atoms with Gasteiger partial charge in [-0.1, -0.05) is 12.1 Å². The van der Waals surface area contributed by atoms with Crippen LogP contribution in [0.15, 0.2) is 23.8 Å². The van der Waals surface area contributed by atoms with E-state index in [-0.39, 0.29) is 19.1 Å². The highest BCUT2D eigenvalue weighted by Gasteiger charge is 2.42. The van der Waals surface area contributed by atoms with Gasteiger partial charge in [0.1, 0.15) is 6.61 Å². The van der Waals surface area contributed by atoms with Crippen molar-refractivity contribution < 1.29 is 24.2 Å². The standard InChI is InChI=1S/C17H19NO5/c1-17(16(20)21)6-7-18(10-17)15(19)12-8-11-4-3-5-13(22-2)14(11)23-9-12/h3-5,8H,6-7,9-10H2,1-2H3,(H,20,21). The van der Waals surface area contributed by atoms with Gasteiger partial charge in [-0.05, 0) is 25.5 Å². The van der Waals surface area contributed by atoms with Crippen LogP contribution in [0.25, 0.3) is 6.08 Å². The number of carbonyl (C=O) groups excluding carboxylic acids is 1. The smallest absolute Gasteiger partial charge is 0.311 e. The molecule has 1 amide bonds. The lowest BCUT2D eigenvalue weighted by Gasteiger charge is -2.24. The van der Waals surface area contributed by atoms with Crippen molar-refractivity contribution in [3.63, 3.8) is 0 Å². The molecule has 1 saturated heterocycles. The number of rotatable bonds is 3. The van der Waals surface area contributed by atoms with E-state index in [1.807, 2.05) is 12.1 Å². The van der Waals surface area contributed by atoms with Crippen LogP contribution in [0.2, 0.25) is 0 Å². The van der Waals surface area contributed by atoms with E-state index in [2.05, 4.69) is 0 Å². The van der Waals surface area contributed by atoms with E-state index in [0.717, 1.165) is 5.56 Å². The van der Waals surface area contributed by atoms with Gasteiger partial charge in [-0.15, -0.1) is 0 Å². The molecule has 2 aliphatic heterocycles. The largest absolute Gasteiger partial charge is 0.493 e. The van der Waals surface area contributed by atoms with Crippen molar-refractivity contribution in [1.82, 2.24) is 4.90 Å². The van der Waals surface area contributed by atoms with Crippen LogP contribution in [0.5, 0.6) is 11.5 Å². The first-order valence-corrected chi connectivity index (χ1v) is 7.48. The number of hydrogen-bond acceptors (Lipinski definition) is 4. The summed E-state index contributed by atoms with van der Waals surface area (Å²) in [6.45, 7) is 2.51. The first kappa shape index (κ1) is 15.4. The van der Waals surface area contributed by atoms with E-state index >= 15 is 0 Å². The van der Waals surface area contributed by atoms with Gasteiger partial charge in [0.05, 0.1) is 18.1 Å². The molecule has 1 unspecified atom stereocenters. The van der Waals surface area contributed by atoms with Crippen LogP contribution in [0.1, 0.15) is 18.9 Å². The molecule has 0 spiro atoms. The number of carbonyl (C=O) groups is 2. The Labute approximate surface area is 134 Å². The fourth-order valence-corrected chi connectivity index (χ4v) is 2.98. The van der Waals surface area contributed by atoms with E-state index in [0.29, 0.717) is 30.0 Å². The van der Waals surface area contributed by atoms with Gasteiger partial charge in [-0.2, -0.15) is 0 Å². The molecule has 23 heavy (non-hydrogen) atoms. The molecule has 0 bridgehead atoms. The Bertz CT molecular complexity index is 696. The Hall–Kier alpha value is -2.50. The minimum absolute atomic E-state index is 0.159. The lowest BCUT2D eigenvalue weighted by molar-refractivity contribution is -0.147. The van der Waals surface area contributed by atoms with Crippen LogP contribution in [0.3, 0.4) is 0 Å². The van der Waals surface area contributed by atoms with Gasteiger partial charge in [-0.3, -0.25) is 9.59 Å². The summed E-state index contributed by atoms with van der Waals surface area (Å²) in [4.78, 5) is 25.5. The first-order valence-electron chi connectivity index (χ1n) is 7.48. The van der Waals surface area contributed by atoms with Crippen molar-refractivity contribution in [2.75, 3.05) is 26.8 Å². The number of hydrogen-bond donors (Lipinski definition) is 1. The third-order valence-electron chi connectivity index (χ3n) is 4.48. The maximum Gasteiger partial charge on any atom is 0.311 e. The third kappa shape index (κ3) is 2.65. The van der Waals surface area contributed by atoms with E-state index in [1.165, 1.54) is 0 Å². The highest BCUT2D eigenvalue weighted by Crippen LogP contribution is 2.37. The van der Waals surface area contributed by atoms with Gasteiger partial charge in [0.15, 0.2) is 11.5 Å². The summed E-state index contributed by atoms with van der Waals surface area (Å²) in [5, 5.41) is 9.28. The van der Waals surface area contributed by atoms with Gasteiger partial charge in [0.25, 0.3) is 5.91 Å². The lowest BCUT2D eigenvalue weighted by Crippen LogP contribution is -2.36. The van der Waals surface area contributed by atoms with E-state index < -0.39 is 11.4 Å². The van der Waals surface area contributed by atoms with Crippen LogP contribution in [-0.2, 0) is 9.59 Å². The highest BCUT2D eigenvalue weighted by molar-refractivity contribution is 5.99. The molecule has 3 rings (SSSR count). The normalized spacial score (nSPS) is 22.9. The Morgan fingerprint density at radius 2 is 2.17 bits per heavy atom. The summed E-state index contributed by atoms with van der Waals surface area (Å²) in [6.07, 6.45) is 2.26. The van der Waals surface area contributed by atoms with E-state index in [9.17, 15) is 14.7 Å². The van der Waals surface area contributed by atoms with E-state index in [1.54, 1.807) is 31.1 Å². The molecular weight excluding hydrogens is 298 g/mol. The van der Waals surface area contributed by atoms with Crippen LogP contribution < -0.4 is 9.47 Å². The van der Waals surface area contributed by atoms with Crippen molar-refractivity contribution in [3.05, 3.63) is 29.3 Å². The summed E-state index contributed by atoms with van der Waals surface area (Å²) >= 11 is 0. The number of amides is 1. The van der Waals surface area contributed by atoms with Gasteiger partial charge >= 0.3 is 5.97 Å². The molecule has 6 nitrogen and oxygen atoms in total. The second kappa shape index (κ2) is 5.61. The van der Waals surface area contributed by atoms with Crippen molar-refractivity contribution >= 4 is 18.0 Å². The van der Waals surface area contributed by atoms with Gasteiger partial charge in [0, 0.05) is 18.7 Å². The molecule has 1 aromatic carbocycles. The minimum Gasteiger partial charge on any atom is -0.493 e. The number of methoxy groups -OCH3 is 1. The molecule has 6 heteroatoms. The molecule has 0 aromatic heterocycles. The molecular formula is C17H19NO5. The minimum atomic E-state index is -0.868. The zero-order valence-corrected chi connectivity index (χ0v) is 13.2. The van der Waals surface area contributed by atoms with Crippen LogP contribution in [-0.4, -0.2) is 48.7 Å². The third-order valence-corrected chi connectivity index (χ3v) is 4.48. The summed E-state index contributed by atoms with van der Waals surface area (Å²) in [7, 11) is 1.57. The SMILES string of the molecule is COc1cccc2c1OCC(C(=O)N1CCC(C)(C(=O)O)C1)=C2. The van der Waals surface area contributed by atoms with Crippen molar-refractivity contribution in [3.8, 4) is 11.5 Å². The quantitative estimate of drug-likeness (QED) is 0.920. The second-order valence-corrected chi connectivity index (χ2v) is 6.18. The summed E-state index contributed by atoms with van der Waals surface area (Å²) in [6, 6.07) is 5.50. The number of ether oxygens (including phenoxy) is 2. The number of fused-ring (bicyclic) bond motifs is 1. The molecule has 0 aliphatic carbocycles. The Balaban J connectivity index is 1.82. The molecule has 1 N–H and O–H groups in total.